The van der Waals surface area contributed by atoms with E-state index in [0.717, 1.165) is 27.9 Å². The van der Waals surface area contributed by atoms with Crippen molar-refractivity contribution < 1.29 is 18.6 Å². The molecular weight excluding hydrogens is 507 g/mol. The number of benzene rings is 2. The maximum atomic E-state index is 6.35. The predicted molar refractivity (Wildman–Crippen MR) is 132 cm³/mol. The van der Waals surface area contributed by atoms with Crippen LogP contribution in [0.2, 0.25) is 18.1 Å². The lowest BCUT2D eigenvalue weighted by Gasteiger charge is -2.36. The van der Waals surface area contributed by atoms with Crippen LogP contribution >= 0.6 is 22.6 Å². The van der Waals surface area contributed by atoms with Crippen molar-refractivity contribution in [1.29, 1.82) is 0 Å². The van der Waals surface area contributed by atoms with Crippen LogP contribution in [0.4, 0.5) is 0 Å². The van der Waals surface area contributed by atoms with E-state index in [1.54, 1.807) is 0 Å². The third-order valence-corrected chi connectivity index (χ3v) is 11.7. The van der Waals surface area contributed by atoms with Gasteiger partial charge in [0.25, 0.3) is 0 Å². The minimum absolute atomic E-state index is 0.114. The van der Waals surface area contributed by atoms with Gasteiger partial charge in [0.05, 0.1) is 16.8 Å². The van der Waals surface area contributed by atoms with Gasteiger partial charge < -0.3 is 18.6 Å². The molecule has 1 heterocycles. The maximum Gasteiger partial charge on any atom is 0.191 e. The number of halogens is 1. The fourth-order valence-electron chi connectivity index (χ4n) is 3.01. The van der Waals surface area contributed by atoms with Gasteiger partial charge in [-0.15, -0.1) is 0 Å². The molecule has 3 rings (SSSR count). The number of rotatable bonds is 7. The minimum atomic E-state index is -1.73. The van der Waals surface area contributed by atoms with Crippen LogP contribution in [-0.4, -0.2) is 34.2 Å². The van der Waals surface area contributed by atoms with E-state index in [1.807, 2.05) is 36.4 Å². The topological polar surface area (TPSA) is 36.9 Å². The van der Waals surface area contributed by atoms with E-state index in [1.165, 1.54) is 5.56 Å². The molecule has 0 atom stereocenters. The molecule has 6 heteroatoms. The van der Waals surface area contributed by atoms with Gasteiger partial charge in [-0.2, -0.15) is 0 Å². The molecule has 1 saturated heterocycles. The van der Waals surface area contributed by atoms with E-state index in [-0.39, 0.29) is 17.4 Å². The first kappa shape index (κ1) is 23.7. The summed E-state index contributed by atoms with van der Waals surface area (Å²) in [6, 6.07) is 16.2. The van der Waals surface area contributed by atoms with Crippen molar-refractivity contribution in [3.05, 3.63) is 63.2 Å². The third-order valence-electron chi connectivity index (χ3n) is 5.92. The molecule has 30 heavy (non-hydrogen) atoms. The minimum Gasteiger partial charge on any atom is -0.484 e. The van der Waals surface area contributed by atoms with Crippen molar-refractivity contribution in [2.75, 3.05) is 19.8 Å². The summed E-state index contributed by atoms with van der Waals surface area (Å²) in [5, 5.41) is 0.226. The summed E-state index contributed by atoms with van der Waals surface area (Å²) in [6.45, 7) is 13.2. The number of hydrogen-bond donors (Lipinski definition) is 0. The van der Waals surface area contributed by atoms with E-state index >= 15 is 0 Å². The molecule has 4 nitrogen and oxygen atoms in total. The van der Waals surface area contributed by atoms with Crippen LogP contribution in [0.1, 0.15) is 38.2 Å². The Hall–Kier alpha value is -0.933. The van der Waals surface area contributed by atoms with Gasteiger partial charge in [0.1, 0.15) is 11.9 Å². The van der Waals surface area contributed by atoms with Gasteiger partial charge in [-0.1, -0.05) is 63.2 Å². The average Bonchev–Trinajstić information content (AvgIpc) is 2.71. The fraction of sp³-hybridized carbons (Fsp3) is 0.500. The van der Waals surface area contributed by atoms with E-state index < -0.39 is 8.32 Å². The Labute approximate surface area is 195 Å². The smallest absolute Gasteiger partial charge is 0.191 e. The van der Waals surface area contributed by atoms with E-state index in [4.69, 9.17) is 18.6 Å². The molecule has 0 radical (unpaired) electrons. The SMILES string of the molecule is CC(C)(C)[Si](C)(C)OCCc1cccc(OC2COC(c3ccccc3)OC2)c1I. The van der Waals surface area contributed by atoms with Crippen molar-refractivity contribution in [3.8, 4) is 5.75 Å². The Morgan fingerprint density at radius 3 is 2.30 bits per heavy atom. The Balaban J connectivity index is 1.54. The molecule has 1 fully saturated rings. The molecule has 0 aliphatic carbocycles. The first-order valence-electron chi connectivity index (χ1n) is 10.5. The first-order chi connectivity index (χ1) is 14.2. The highest BCUT2D eigenvalue weighted by molar-refractivity contribution is 14.1. The van der Waals surface area contributed by atoms with Gasteiger partial charge in [-0.05, 0) is 58.8 Å². The highest BCUT2D eigenvalue weighted by atomic mass is 127. The van der Waals surface area contributed by atoms with Gasteiger partial charge in [-0.25, -0.2) is 0 Å². The van der Waals surface area contributed by atoms with Crippen LogP contribution in [0.3, 0.4) is 0 Å². The zero-order valence-electron chi connectivity index (χ0n) is 18.6. The normalized spacial score (nSPS) is 20.2. The zero-order chi connectivity index (χ0) is 21.8. The third kappa shape index (κ3) is 6.07. The Morgan fingerprint density at radius 2 is 1.67 bits per heavy atom. The lowest BCUT2D eigenvalue weighted by Crippen LogP contribution is -2.41. The summed E-state index contributed by atoms with van der Waals surface area (Å²) in [5.74, 6) is 0.885. The fourth-order valence-corrected chi connectivity index (χ4v) is 4.81. The Bertz CT molecular complexity index is 812. The van der Waals surface area contributed by atoms with Gasteiger partial charge in [0.15, 0.2) is 14.6 Å². The molecule has 0 aromatic heterocycles. The zero-order valence-corrected chi connectivity index (χ0v) is 21.8. The lowest BCUT2D eigenvalue weighted by molar-refractivity contribution is -0.215. The van der Waals surface area contributed by atoms with E-state index in [9.17, 15) is 0 Å². The van der Waals surface area contributed by atoms with Crippen LogP contribution in [0.25, 0.3) is 0 Å². The average molecular weight is 541 g/mol. The summed E-state index contributed by atoms with van der Waals surface area (Å²) in [4.78, 5) is 0. The molecule has 1 aliphatic heterocycles. The van der Waals surface area contributed by atoms with Crippen LogP contribution in [0, 0.1) is 3.57 Å². The molecule has 2 aromatic carbocycles. The summed E-state index contributed by atoms with van der Waals surface area (Å²) in [7, 11) is -1.73. The Morgan fingerprint density at radius 1 is 1.00 bits per heavy atom. The molecule has 0 N–H and O–H groups in total. The number of ether oxygens (including phenoxy) is 3. The highest BCUT2D eigenvalue weighted by Gasteiger charge is 2.36. The highest BCUT2D eigenvalue weighted by Crippen LogP contribution is 2.37. The quantitative estimate of drug-likeness (QED) is 0.303. The Kier molecular flexibility index (Phi) is 8.01. The summed E-state index contributed by atoms with van der Waals surface area (Å²) < 4.78 is 25.5. The molecular formula is C24H33IO4Si. The van der Waals surface area contributed by atoms with Crippen LogP contribution in [0.15, 0.2) is 48.5 Å². The second-order valence-electron chi connectivity index (χ2n) is 9.24. The van der Waals surface area contributed by atoms with Crippen molar-refractivity contribution in [3.63, 3.8) is 0 Å². The molecule has 0 saturated carbocycles. The van der Waals surface area contributed by atoms with E-state index in [2.05, 4.69) is 68.6 Å². The molecule has 164 valence electrons. The molecule has 1 aliphatic rings. The standard InChI is InChI=1S/C24H33IO4Si/c1-24(2,3)30(4,5)28-15-14-18-12-9-13-21(22(18)25)29-20-16-26-23(27-17-20)19-10-7-6-8-11-19/h6-13,20,23H,14-17H2,1-5H3. The predicted octanol–water partition coefficient (Wildman–Crippen LogP) is 6.35. The summed E-state index contributed by atoms with van der Waals surface area (Å²) in [6.07, 6.45) is 0.455. The van der Waals surface area contributed by atoms with Crippen molar-refractivity contribution in [1.82, 2.24) is 0 Å². The molecule has 2 aromatic rings. The van der Waals surface area contributed by atoms with Crippen LogP contribution in [0.5, 0.6) is 5.75 Å². The summed E-state index contributed by atoms with van der Waals surface area (Å²) in [5.41, 5.74) is 2.29. The van der Waals surface area contributed by atoms with Crippen molar-refractivity contribution in [2.24, 2.45) is 0 Å². The second kappa shape index (κ2) is 10.1. The van der Waals surface area contributed by atoms with Gasteiger partial charge in [-0.3, -0.25) is 0 Å². The van der Waals surface area contributed by atoms with E-state index in [0.29, 0.717) is 13.2 Å². The first-order valence-corrected chi connectivity index (χ1v) is 14.5. The molecule has 0 unspecified atom stereocenters. The maximum absolute atomic E-state index is 6.35. The van der Waals surface area contributed by atoms with Crippen molar-refractivity contribution >= 4 is 30.9 Å². The monoisotopic (exact) mass is 540 g/mol. The van der Waals surface area contributed by atoms with Gasteiger partial charge in [0, 0.05) is 12.2 Å². The second-order valence-corrected chi connectivity index (χ2v) is 15.1. The van der Waals surface area contributed by atoms with Gasteiger partial charge >= 0.3 is 0 Å². The van der Waals surface area contributed by atoms with Crippen LogP contribution in [-0.2, 0) is 20.3 Å². The molecule has 0 bridgehead atoms. The molecule has 0 spiro atoms. The van der Waals surface area contributed by atoms with Crippen LogP contribution < -0.4 is 4.74 Å². The number of hydrogen-bond acceptors (Lipinski definition) is 4. The van der Waals surface area contributed by atoms with Gasteiger partial charge in [0.2, 0.25) is 0 Å². The molecule has 0 amide bonds. The summed E-state index contributed by atoms with van der Waals surface area (Å²) >= 11 is 2.38. The van der Waals surface area contributed by atoms with Crippen molar-refractivity contribution in [2.45, 2.75) is 57.7 Å². The lowest BCUT2D eigenvalue weighted by atomic mass is 10.1. The largest absolute Gasteiger partial charge is 0.484 e.